The highest BCUT2D eigenvalue weighted by Crippen LogP contribution is 2.30. The molecule has 0 aromatic heterocycles. The van der Waals surface area contributed by atoms with Gasteiger partial charge in [0, 0.05) is 5.02 Å². The van der Waals surface area contributed by atoms with E-state index in [0.29, 0.717) is 23.1 Å². The fraction of sp³-hybridized carbons (Fsp3) is 0.250. The Morgan fingerprint density at radius 3 is 2.95 bits per heavy atom. The van der Waals surface area contributed by atoms with Gasteiger partial charge >= 0.3 is 0 Å². The Balaban J connectivity index is 1.73. The third-order valence-electron chi connectivity index (χ3n) is 3.45. The number of nitrogen functional groups attached to an aromatic ring is 1. The molecule has 0 saturated carbocycles. The molecule has 2 aromatic carbocycles. The Hall–Kier alpha value is -1.71. The average Bonchev–Trinajstić information content (AvgIpc) is 2.46. The quantitative estimate of drug-likeness (QED) is 0.878. The van der Waals surface area contributed by atoms with Gasteiger partial charge in [-0.25, -0.2) is 0 Å². The van der Waals surface area contributed by atoms with Gasteiger partial charge in [0.15, 0.2) is 0 Å². The molecular formula is C16H16ClNO2. The van der Waals surface area contributed by atoms with Crippen LogP contribution in [-0.2, 0) is 11.2 Å². The number of halogens is 1. The van der Waals surface area contributed by atoms with Crippen LogP contribution in [0.2, 0.25) is 5.02 Å². The number of hydrogen-bond donors (Lipinski definition) is 1. The first-order valence-corrected chi connectivity index (χ1v) is 6.99. The minimum absolute atomic E-state index is 0.0463. The topological polar surface area (TPSA) is 44.5 Å². The van der Waals surface area contributed by atoms with Gasteiger partial charge in [0.25, 0.3) is 0 Å². The highest BCUT2D eigenvalue weighted by molar-refractivity contribution is 6.30. The summed E-state index contributed by atoms with van der Waals surface area (Å²) in [4.78, 5) is 0. The number of hydrogen-bond acceptors (Lipinski definition) is 3. The molecule has 1 aliphatic rings. The number of nitrogens with two attached hydrogens (primary N) is 1. The molecular weight excluding hydrogens is 274 g/mol. The van der Waals surface area contributed by atoms with E-state index >= 15 is 0 Å². The Morgan fingerprint density at radius 2 is 2.10 bits per heavy atom. The fourth-order valence-electron chi connectivity index (χ4n) is 2.43. The van der Waals surface area contributed by atoms with E-state index < -0.39 is 0 Å². The van der Waals surface area contributed by atoms with Crippen molar-refractivity contribution in [3.05, 3.63) is 58.6 Å². The van der Waals surface area contributed by atoms with Gasteiger partial charge in [-0.2, -0.15) is 0 Å². The molecule has 0 fully saturated rings. The Morgan fingerprint density at radius 1 is 1.25 bits per heavy atom. The lowest BCUT2D eigenvalue weighted by molar-refractivity contribution is 0.0104. The molecule has 0 spiro atoms. The number of fused-ring (bicyclic) bond motifs is 1. The number of anilines is 1. The Labute approximate surface area is 123 Å². The van der Waals surface area contributed by atoms with E-state index in [0.717, 1.165) is 13.0 Å². The fourth-order valence-corrected chi connectivity index (χ4v) is 2.61. The van der Waals surface area contributed by atoms with Gasteiger partial charge in [0.2, 0.25) is 0 Å². The molecule has 2 N–H and O–H groups in total. The van der Waals surface area contributed by atoms with Crippen LogP contribution in [0.5, 0.6) is 5.75 Å². The van der Waals surface area contributed by atoms with Gasteiger partial charge in [0.1, 0.15) is 18.5 Å². The van der Waals surface area contributed by atoms with Crippen molar-refractivity contribution < 1.29 is 9.47 Å². The monoisotopic (exact) mass is 289 g/mol. The van der Waals surface area contributed by atoms with Crippen LogP contribution in [0.25, 0.3) is 0 Å². The van der Waals surface area contributed by atoms with E-state index in [9.17, 15) is 0 Å². The van der Waals surface area contributed by atoms with Crippen molar-refractivity contribution in [1.82, 2.24) is 0 Å². The van der Waals surface area contributed by atoms with Gasteiger partial charge in [-0.05, 0) is 35.7 Å². The summed E-state index contributed by atoms with van der Waals surface area (Å²) in [6.07, 6.45) is 0.908. The van der Waals surface area contributed by atoms with Crippen molar-refractivity contribution >= 4 is 17.3 Å². The molecule has 0 radical (unpaired) electrons. The Kier molecular flexibility index (Phi) is 3.81. The first-order chi connectivity index (χ1) is 9.74. The van der Waals surface area contributed by atoms with Crippen molar-refractivity contribution in [2.75, 3.05) is 18.9 Å². The summed E-state index contributed by atoms with van der Waals surface area (Å²) in [5.41, 5.74) is 8.95. The first-order valence-electron chi connectivity index (χ1n) is 6.61. The summed E-state index contributed by atoms with van der Waals surface area (Å²) < 4.78 is 11.6. The zero-order valence-corrected chi connectivity index (χ0v) is 11.8. The maximum Gasteiger partial charge on any atom is 0.142 e. The second-order valence-corrected chi connectivity index (χ2v) is 5.24. The van der Waals surface area contributed by atoms with E-state index in [1.807, 2.05) is 6.07 Å². The van der Waals surface area contributed by atoms with Crippen molar-refractivity contribution in [3.8, 4) is 5.75 Å². The summed E-state index contributed by atoms with van der Waals surface area (Å²) >= 11 is 5.87. The standard InChI is InChI=1S/C16H16ClNO2/c17-12-5-6-15(14(18)9-12)20-10-16-13-4-2-1-3-11(13)7-8-19-16/h1-6,9,16H,7-8,10,18H2. The molecule has 0 bridgehead atoms. The summed E-state index contributed by atoms with van der Waals surface area (Å²) in [6.45, 7) is 1.17. The maximum atomic E-state index is 5.88. The van der Waals surface area contributed by atoms with E-state index in [-0.39, 0.29) is 6.10 Å². The van der Waals surface area contributed by atoms with Crippen molar-refractivity contribution in [3.63, 3.8) is 0 Å². The van der Waals surface area contributed by atoms with Crippen LogP contribution in [-0.4, -0.2) is 13.2 Å². The molecule has 3 nitrogen and oxygen atoms in total. The van der Waals surface area contributed by atoms with Crippen LogP contribution in [0.1, 0.15) is 17.2 Å². The summed E-state index contributed by atoms with van der Waals surface area (Å²) in [5.74, 6) is 0.640. The summed E-state index contributed by atoms with van der Waals surface area (Å²) in [5, 5.41) is 0.606. The van der Waals surface area contributed by atoms with E-state index in [2.05, 4.69) is 18.2 Å². The van der Waals surface area contributed by atoms with Crippen molar-refractivity contribution in [2.45, 2.75) is 12.5 Å². The zero-order valence-electron chi connectivity index (χ0n) is 11.0. The molecule has 0 aliphatic carbocycles. The molecule has 1 unspecified atom stereocenters. The van der Waals surface area contributed by atoms with Crippen LogP contribution in [0.15, 0.2) is 42.5 Å². The molecule has 1 heterocycles. The van der Waals surface area contributed by atoms with Crippen molar-refractivity contribution in [1.29, 1.82) is 0 Å². The predicted octanol–water partition coefficient (Wildman–Crippen LogP) is 3.62. The van der Waals surface area contributed by atoms with Gasteiger partial charge < -0.3 is 15.2 Å². The highest BCUT2D eigenvalue weighted by atomic mass is 35.5. The zero-order chi connectivity index (χ0) is 13.9. The number of rotatable bonds is 3. The second kappa shape index (κ2) is 5.73. The largest absolute Gasteiger partial charge is 0.488 e. The van der Waals surface area contributed by atoms with Crippen molar-refractivity contribution in [2.24, 2.45) is 0 Å². The van der Waals surface area contributed by atoms with Gasteiger partial charge in [-0.15, -0.1) is 0 Å². The SMILES string of the molecule is Nc1cc(Cl)ccc1OCC1OCCc2ccccc21. The minimum atomic E-state index is -0.0463. The van der Waals surface area contributed by atoms with Gasteiger partial charge in [-0.3, -0.25) is 0 Å². The minimum Gasteiger partial charge on any atom is -0.488 e. The smallest absolute Gasteiger partial charge is 0.142 e. The molecule has 4 heteroatoms. The van der Waals surface area contributed by atoms with Crippen LogP contribution in [0.3, 0.4) is 0 Å². The van der Waals surface area contributed by atoms with Crippen LogP contribution in [0.4, 0.5) is 5.69 Å². The molecule has 20 heavy (non-hydrogen) atoms. The van der Waals surface area contributed by atoms with Gasteiger partial charge in [0.05, 0.1) is 12.3 Å². The van der Waals surface area contributed by atoms with Crippen LogP contribution < -0.4 is 10.5 Å². The molecule has 1 aliphatic heterocycles. The maximum absolute atomic E-state index is 5.88. The van der Waals surface area contributed by atoms with E-state index in [1.54, 1.807) is 18.2 Å². The molecule has 2 aromatic rings. The summed E-state index contributed by atoms with van der Waals surface area (Å²) in [6, 6.07) is 13.5. The van der Waals surface area contributed by atoms with Crippen LogP contribution >= 0.6 is 11.6 Å². The predicted molar refractivity (Wildman–Crippen MR) is 80.2 cm³/mol. The second-order valence-electron chi connectivity index (χ2n) is 4.80. The molecule has 3 rings (SSSR count). The normalized spacial score (nSPS) is 17.6. The summed E-state index contributed by atoms with van der Waals surface area (Å²) in [7, 11) is 0. The lowest BCUT2D eigenvalue weighted by atomic mass is 9.98. The third-order valence-corrected chi connectivity index (χ3v) is 3.69. The lowest BCUT2D eigenvalue weighted by Gasteiger charge is -2.26. The first kappa shape index (κ1) is 13.3. The average molecular weight is 290 g/mol. The number of benzene rings is 2. The Bertz CT molecular complexity index is 615. The van der Waals surface area contributed by atoms with Gasteiger partial charge in [-0.1, -0.05) is 35.9 Å². The molecule has 1 atom stereocenters. The van der Waals surface area contributed by atoms with Crippen LogP contribution in [0, 0.1) is 0 Å². The lowest BCUT2D eigenvalue weighted by Crippen LogP contribution is -2.21. The number of ether oxygens (including phenoxy) is 2. The molecule has 104 valence electrons. The third kappa shape index (κ3) is 2.74. The van der Waals surface area contributed by atoms with E-state index in [1.165, 1.54) is 11.1 Å². The molecule has 0 amide bonds. The van der Waals surface area contributed by atoms with E-state index in [4.69, 9.17) is 26.8 Å². The molecule has 0 saturated heterocycles. The highest BCUT2D eigenvalue weighted by Gasteiger charge is 2.21.